The number of allylic oxidation sites excluding steroid dienone is 1. The van der Waals surface area contributed by atoms with E-state index in [0.717, 1.165) is 34.1 Å². The Hall–Kier alpha value is -2.12. The van der Waals surface area contributed by atoms with Gasteiger partial charge in [-0.15, -0.1) is 11.3 Å². The molecule has 27 heavy (non-hydrogen) atoms. The van der Waals surface area contributed by atoms with Crippen molar-refractivity contribution >= 4 is 23.0 Å². The normalized spacial score (nSPS) is 31.7. The second kappa shape index (κ2) is 6.49. The third-order valence-electron chi connectivity index (χ3n) is 6.86. The molecule has 0 saturated heterocycles. The zero-order chi connectivity index (χ0) is 18.4. The van der Waals surface area contributed by atoms with Crippen LogP contribution in [0.3, 0.4) is 0 Å². The molecule has 4 fully saturated rings. The molecule has 1 aromatic carbocycles. The Morgan fingerprint density at radius 2 is 1.78 bits per heavy atom. The van der Waals surface area contributed by atoms with E-state index in [1.54, 1.807) is 18.4 Å². The van der Waals surface area contributed by atoms with E-state index in [9.17, 15) is 5.26 Å². The summed E-state index contributed by atoms with van der Waals surface area (Å²) in [6.45, 7) is 0. The number of rotatable bonds is 4. The summed E-state index contributed by atoms with van der Waals surface area (Å²) in [4.78, 5) is 5.00. The standard InChI is InChI=1S/C23H24N2OS/c1-26-20-4-2-15(3-5-20)9-19(13-24)22-25-21(14-27-22)23-10-16-6-17(11-23)8-18(7-16)12-23/h2-5,9,14,16-18H,6-8,10-12H2,1H3/b19-9+. The molecule has 0 aliphatic heterocycles. The maximum absolute atomic E-state index is 9.71. The predicted octanol–water partition coefficient (Wildman–Crippen LogP) is 5.68. The van der Waals surface area contributed by atoms with Crippen LogP contribution in [0.15, 0.2) is 29.6 Å². The lowest BCUT2D eigenvalue weighted by atomic mass is 9.49. The largest absolute Gasteiger partial charge is 0.497 e. The number of methoxy groups -OCH3 is 1. The molecule has 4 saturated carbocycles. The van der Waals surface area contributed by atoms with Crippen LogP contribution in [0, 0.1) is 29.1 Å². The minimum Gasteiger partial charge on any atom is -0.497 e. The molecule has 0 N–H and O–H groups in total. The van der Waals surface area contributed by atoms with E-state index in [1.165, 1.54) is 44.2 Å². The first-order valence-electron chi connectivity index (χ1n) is 9.90. The summed E-state index contributed by atoms with van der Waals surface area (Å²) < 4.78 is 5.21. The van der Waals surface area contributed by atoms with Crippen molar-refractivity contribution in [2.24, 2.45) is 17.8 Å². The Morgan fingerprint density at radius 1 is 1.15 bits per heavy atom. The van der Waals surface area contributed by atoms with Crippen LogP contribution in [0.2, 0.25) is 0 Å². The molecule has 0 spiro atoms. The first kappa shape index (κ1) is 17.0. The number of ether oxygens (including phenoxy) is 1. The molecule has 138 valence electrons. The number of nitriles is 1. The average Bonchev–Trinajstić information content (AvgIpc) is 3.16. The Labute approximate surface area is 164 Å². The lowest BCUT2D eigenvalue weighted by molar-refractivity contribution is -0.00694. The van der Waals surface area contributed by atoms with Crippen LogP contribution in [0.4, 0.5) is 0 Å². The van der Waals surface area contributed by atoms with Crippen LogP contribution in [0.5, 0.6) is 5.75 Å². The zero-order valence-electron chi connectivity index (χ0n) is 15.6. The molecule has 3 nitrogen and oxygen atoms in total. The van der Waals surface area contributed by atoms with E-state index >= 15 is 0 Å². The highest BCUT2D eigenvalue weighted by Crippen LogP contribution is 2.60. The Morgan fingerprint density at radius 3 is 2.33 bits per heavy atom. The van der Waals surface area contributed by atoms with Crippen molar-refractivity contribution in [3.05, 3.63) is 45.9 Å². The van der Waals surface area contributed by atoms with E-state index in [4.69, 9.17) is 9.72 Å². The van der Waals surface area contributed by atoms with Gasteiger partial charge < -0.3 is 4.74 Å². The van der Waals surface area contributed by atoms with Crippen molar-refractivity contribution in [1.82, 2.24) is 4.98 Å². The Balaban J connectivity index is 1.44. The van der Waals surface area contributed by atoms with Crippen molar-refractivity contribution in [3.63, 3.8) is 0 Å². The van der Waals surface area contributed by atoms with Crippen LogP contribution in [-0.2, 0) is 5.41 Å². The minimum absolute atomic E-state index is 0.296. The van der Waals surface area contributed by atoms with Crippen LogP contribution in [-0.4, -0.2) is 12.1 Å². The number of benzene rings is 1. The maximum atomic E-state index is 9.71. The molecular weight excluding hydrogens is 352 g/mol. The summed E-state index contributed by atoms with van der Waals surface area (Å²) in [5, 5.41) is 12.8. The van der Waals surface area contributed by atoms with Gasteiger partial charge >= 0.3 is 0 Å². The van der Waals surface area contributed by atoms with Gasteiger partial charge in [-0.2, -0.15) is 5.26 Å². The van der Waals surface area contributed by atoms with Gasteiger partial charge in [-0.05, 0) is 80.1 Å². The number of hydrogen-bond acceptors (Lipinski definition) is 4. The highest BCUT2D eigenvalue weighted by atomic mass is 32.1. The van der Waals surface area contributed by atoms with Crippen molar-refractivity contribution in [1.29, 1.82) is 5.26 Å². The summed E-state index contributed by atoms with van der Waals surface area (Å²) >= 11 is 1.63. The lowest BCUT2D eigenvalue weighted by Crippen LogP contribution is -2.48. The third-order valence-corrected chi connectivity index (χ3v) is 7.74. The topological polar surface area (TPSA) is 45.9 Å². The van der Waals surface area contributed by atoms with Crippen LogP contribution in [0.25, 0.3) is 11.6 Å². The van der Waals surface area contributed by atoms with Crippen molar-refractivity contribution < 1.29 is 4.74 Å². The van der Waals surface area contributed by atoms with Gasteiger partial charge in [-0.25, -0.2) is 4.98 Å². The minimum atomic E-state index is 0.296. The second-order valence-electron chi connectivity index (χ2n) is 8.68. The molecule has 6 rings (SSSR count). The van der Waals surface area contributed by atoms with E-state index in [1.807, 2.05) is 30.3 Å². The molecule has 4 aliphatic carbocycles. The van der Waals surface area contributed by atoms with Gasteiger partial charge in [0.2, 0.25) is 0 Å². The summed E-state index contributed by atoms with van der Waals surface area (Å²) in [7, 11) is 1.66. The SMILES string of the molecule is COc1ccc(/C=C(\C#N)c2nc(C34CC5CC(CC(C5)C3)C4)cs2)cc1. The summed E-state index contributed by atoms with van der Waals surface area (Å²) in [5.74, 6) is 3.55. The molecule has 4 bridgehead atoms. The Kier molecular flexibility index (Phi) is 4.09. The second-order valence-corrected chi connectivity index (χ2v) is 9.54. The smallest absolute Gasteiger partial charge is 0.134 e. The summed E-state index contributed by atoms with van der Waals surface area (Å²) in [6, 6.07) is 10.2. The molecule has 1 aromatic heterocycles. The van der Waals surface area contributed by atoms with E-state index in [-0.39, 0.29) is 0 Å². The van der Waals surface area contributed by atoms with Crippen LogP contribution >= 0.6 is 11.3 Å². The van der Waals surface area contributed by atoms with Crippen LogP contribution in [0.1, 0.15) is 54.8 Å². The van der Waals surface area contributed by atoms with Gasteiger partial charge in [-0.3, -0.25) is 0 Å². The first-order chi connectivity index (χ1) is 13.2. The zero-order valence-corrected chi connectivity index (χ0v) is 16.5. The molecule has 4 aliphatic rings. The molecule has 0 atom stereocenters. The molecule has 2 aromatic rings. The summed E-state index contributed by atoms with van der Waals surface area (Å²) in [5.41, 5.74) is 3.21. The van der Waals surface area contributed by atoms with Gasteiger partial charge in [-0.1, -0.05) is 12.1 Å². The molecule has 0 amide bonds. The van der Waals surface area contributed by atoms with Gasteiger partial charge in [0.1, 0.15) is 16.8 Å². The fourth-order valence-corrected chi connectivity index (χ4v) is 6.98. The molecule has 0 unspecified atom stereocenters. The van der Waals surface area contributed by atoms with Gasteiger partial charge in [0.15, 0.2) is 0 Å². The van der Waals surface area contributed by atoms with E-state index < -0.39 is 0 Å². The number of nitrogens with zero attached hydrogens (tertiary/aromatic N) is 2. The number of thiazole rings is 1. The van der Waals surface area contributed by atoms with Crippen molar-refractivity contribution in [2.75, 3.05) is 7.11 Å². The first-order valence-corrected chi connectivity index (χ1v) is 10.8. The van der Waals surface area contributed by atoms with Crippen LogP contribution < -0.4 is 4.74 Å². The lowest BCUT2D eigenvalue weighted by Gasteiger charge is -2.56. The fraction of sp³-hybridized carbons (Fsp3) is 0.478. The van der Waals surface area contributed by atoms with Crippen molar-refractivity contribution in [2.45, 2.75) is 43.9 Å². The molecule has 1 heterocycles. The number of aromatic nitrogens is 1. The van der Waals surface area contributed by atoms with E-state index in [2.05, 4.69) is 11.4 Å². The molecule has 0 radical (unpaired) electrons. The van der Waals surface area contributed by atoms with E-state index in [0.29, 0.717) is 11.0 Å². The molecule has 4 heteroatoms. The number of hydrogen-bond donors (Lipinski definition) is 0. The average molecular weight is 377 g/mol. The predicted molar refractivity (Wildman–Crippen MR) is 108 cm³/mol. The Bertz CT molecular complexity index is 883. The molecular formula is C23H24N2OS. The maximum Gasteiger partial charge on any atom is 0.134 e. The van der Waals surface area contributed by atoms with Gasteiger partial charge in [0, 0.05) is 10.8 Å². The van der Waals surface area contributed by atoms with Crippen molar-refractivity contribution in [3.8, 4) is 11.8 Å². The third kappa shape index (κ3) is 2.99. The highest BCUT2D eigenvalue weighted by Gasteiger charge is 2.52. The highest BCUT2D eigenvalue weighted by molar-refractivity contribution is 7.11. The fourth-order valence-electron chi connectivity index (χ4n) is 6.07. The summed E-state index contributed by atoms with van der Waals surface area (Å²) in [6.07, 6.45) is 10.2. The monoisotopic (exact) mass is 376 g/mol. The quantitative estimate of drug-likeness (QED) is 0.645. The van der Waals surface area contributed by atoms with Gasteiger partial charge in [0.05, 0.1) is 18.4 Å². The van der Waals surface area contributed by atoms with Gasteiger partial charge in [0.25, 0.3) is 0 Å².